The zero-order valence-electron chi connectivity index (χ0n) is 17.2. The number of anilines is 1. The van der Waals surface area contributed by atoms with Gasteiger partial charge in [0.25, 0.3) is 0 Å². The molecule has 0 N–H and O–H groups in total. The molecular formula is C23H23N3O3S. The van der Waals surface area contributed by atoms with Crippen molar-refractivity contribution < 1.29 is 14.3 Å². The smallest absolute Gasteiger partial charge is 0.338 e. The van der Waals surface area contributed by atoms with Gasteiger partial charge in [-0.05, 0) is 24.6 Å². The molecule has 2 aromatic rings. The van der Waals surface area contributed by atoms with E-state index in [2.05, 4.69) is 0 Å². The van der Waals surface area contributed by atoms with Crippen LogP contribution in [0.4, 0.5) is 5.69 Å². The number of benzene rings is 2. The molecule has 2 aliphatic heterocycles. The molecule has 2 aliphatic rings. The Bertz CT molecular complexity index is 1030. The van der Waals surface area contributed by atoms with Crippen LogP contribution in [0.3, 0.4) is 0 Å². The fourth-order valence-electron chi connectivity index (χ4n) is 3.63. The van der Waals surface area contributed by atoms with E-state index in [1.165, 1.54) is 11.8 Å². The van der Waals surface area contributed by atoms with Gasteiger partial charge in [0.2, 0.25) is 5.91 Å². The van der Waals surface area contributed by atoms with E-state index in [-0.39, 0.29) is 12.5 Å². The minimum atomic E-state index is -0.578. The molecule has 2 aromatic carbocycles. The van der Waals surface area contributed by atoms with E-state index in [0.717, 1.165) is 16.8 Å². The molecular weight excluding hydrogens is 398 g/mol. The van der Waals surface area contributed by atoms with Gasteiger partial charge >= 0.3 is 5.97 Å². The zero-order valence-corrected chi connectivity index (χ0v) is 18.0. The second-order valence-corrected chi connectivity index (χ2v) is 8.13. The van der Waals surface area contributed by atoms with Gasteiger partial charge in [-0.15, -0.1) is 0 Å². The van der Waals surface area contributed by atoms with Crippen molar-refractivity contribution >= 4 is 40.2 Å². The highest BCUT2D eigenvalue weighted by molar-refractivity contribution is 8.15. The van der Waals surface area contributed by atoms with Gasteiger partial charge in [-0.1, -0.05) is 54.2 Å². The fourth-order valence-corrected chi connectivity index (χ4v) is 4.52. The van der Waals surface area contributed by atoms with Gasteiger partial charge in [-0.25, -0.2) is 9.79 Å². The average molecular weight is 422 g/mol. The highest BCUT2D eigenvalue weighted by Crippen LogP contribution is 2.44. The highest BCUT2D eigenvalue weighted by atomic mass is 32.2. The number of esters is 1. The van der Waals surface area contributed by atoms with Crippen LogP contribution in [0, 0.1) is 0 Å². The number of ether oxygens (including phenoxy) is 1. The number of amides is 1. The van der Waals surface area contributed by atoms with Crippen molar-refractivity contribution in [3.8, 4) is 0 Å². The molecule has 154 valence electrons. The normalized spacial score (nSPS) is 18.2. The number of amidine groups is 1. The lowest BCUT2D eigenvalue weighted by Gasteiger charge is -2.33. The van der Waals surface area contributed by atoms with E-state index in [9.17, 15) is 9.59 Å². The van der Waals surface area contributed by atoms with Crippen LogP contribution >= 0.6 is 11.8 Å². The Morgan fingerprint density at radius 3 is 2.50 bits per heavy atom. The molecule has 0 bridgehead atoms. The largest absolute Gasteiger partial charge is 0.463 e. The van der Waals surface area contributed by atoms with Crippen LogP contribution < -0.4 is 4.90 Å². The monoisotopic (exact) mass is 421 g/mol. The maximum Gasteiger partial charge on any atom is 0.338 e. The first-order valence-electron chi connectivity index (χ1n) is 9.78. The minimum absolute atomic E-state index is 0.0608. The third kappa shape index (κ3) is 3.61. The first kappa shape index (κ1) is 20.2. The summed E-state index contributed by atoms with van der Waals surface area (Å²) in [5.74, 6) is -0.205. The van der Waals surface area contributed by atoms with Crippen LogP contribution in [0.2, 0.25) is 0 Å². The second-order valence-electron chi connectivity index (χ2n) is 7.18. The van der Waals surface area contributed by atoms with Crippen LogP contribution in [-0.2, 0) is 14.3 Å². The standard InChI is InChI=1S/C23H23N3O3S/c1-4-29-22(28)19-20(15-8-6-5-7-9-15)24-23-26(18(27)14-30-23)21(19)16-10-12-17(13-11-16)25(2)3/h5-13,21H,4,14H2,1-3H3/t21-/m0/s1. The summed E-state index contributed by atoms with van der Waals surface area (Å²) in [7, 11) is 3.94. The topological polar surface area (TPSA) is 62.2 Å². The van der Waals surface area contributed by atoms with Gasteiger partial charge in [-0.2, -0.15) is 0 Å². The van der Waals surface area contributed by atoms with E-state index >= 15 is 0 Å². The van der Waals surface area contributed by atoms with Crippen molar-refractivity contribution in [2.24, 2.45) is 4.99 Å². The lowest BCUT2D eigenvalue weighted by Crippen LogP contribution is -2.39. The number of nitrogens with zero attached hydrogens (tertiary/aromatic N) is 3. The molecule has 0 radical (unpaired) electrons. The molecule has 7 heteroatoms. The zero-order chi connectivity index (χ0) is 21.3. The van der Waals surface area contributed by atoms with Crippen LogP contribution in [0.25, 0.3) is 5.70 Å². The molecule has 0 saturated carbocycles. The third-order valence-electron chi connectivity index (χ3n) is 5.06. The predicted octanol–water partition coefficient (Wildman–Crippen LogP) is 3.71. The summed E-state index contributed by atoms with van der Waals surface area (Å²) in [6.07, 6.45) is 0. The molecule has 0 aromatic heterocycles. The summed E-state index contributed by atoms with van der Waals surface area (Å²) >= 11 is 1.40. The summed E-state index contributed by atoms with van der Waals surface area (Å²) in [5, 5.41) is 0.619. The van der Waals surface area contributed by atoms with Crippen molar-refractivity contribution in [2.75, 3.05) is 31.4 Å². The summed E-state index contributed by atoms with van der Waals surface area (Å²) in [6, 6.07) is 16.9. The minimum Gasteiger partial charge on any atom is -0.463 e. The molecule has 1 saturated heterocycles. The number of aliphatic imine (C=N–C) groups is 1. The number of rotatable bonds is 5. The van der Waals surface area contributed by atoms with E-state index < -0.39 is 12.0 Å². The number of carbonyl (C=O) groups excluding carboxylic acids is 2. The molecule has 1 atom stereocenters. The van der Waals surface area contributed by atoms with Crippen molar-refractivity contribution in [3.63, 3.8) is 0 Å². The Labute approximate surface area is 180 Å². The van der Waals surface area contributed by atoms with Gasteiger partial charge in [0.15, 0.2) is 5.17 Å². The highest BCUT2D eigenvalue weighted by Gasteiger charge is 2.44. The summed E-state index contributed by atoms with van der Waals surface area (Å²) < 4.78 is 5.41. The average Bonchev–Trinajstić information content (AvgIpc) is 3.14. The van der Waals surface area contributed by atoms with Gasteiger partial charge in [-0.3, -0.25) is 9.69 Å². The Hall–Kier alpha value is -3.06. The van der Waals surface area contributed by atoms with Crippen LogP contribution in [0.15, 0.2) is 65.2 Å². The molecule has 0 unspecified atom stereocenters. The molecule has 0 spiro atoms. The van der Waals surface area contributed by atoms with E-state index in [1.807, 2.05) is 73.6 Å². The summed E-state index contributed by atoms with van der Waals surface area (Å²) in [5.41, 5.74) is 3.66. The van der Waals surface area contributed by atoms with Crippen molar-refractivity contribution in [1.82, 2.24) is 4.90 Å². The molecule has 4 rings (SSSR count). The Kier molecular flexibility index (Phi) is 5.63. The number of carbonyl (C=O) groups is 2. The van der Waals surface area contributed by atoms with Crippen molar-refractivity contribution in [1.29, 1.82) is 0 Å². The second kappa shape index (κ2) is 8.36. The van der Waals surface area contributed by atoms with Gasteiger partial charge in [0, 0.05) is 25.3 Å². The Balaban J connectivity index is 1.93. The Morgan fingerprint density at radius 1 is 1.17 bits per heavy atom. The molecule has 6 nitrogen and oxygen atoms in total. The molecule has 1 amide bonds. The lowest BCUT2D eigenvalue weighted by atomic mass is 9.92. The van der Waals surface area contributed by atoms with Gasteiger partial charge in [0.1, 0.15) is 0 Å². The van der Waals surface area contributed by atoms with Crippen molar-refractivity contribution in [3.05, 3.63) is 71.3 Å². The SMILES string of the molecule is CCOC(=O)C1=C(c2ccccc2)N=C2SCC(=O)N2[C@H]1c1ccc(N(C)C)cc1. The number of thioether (sulfide) groups is 1. The van der Waals surface area contributed by atoms with Crippen LogP contribution in [-0.4, -0.2) is 48.4 Å². The fraction of sp³-hybridized carbons (Fsp3) is 0.261. The molecule has 30 heavy (non-hydrogen) atoms. The number of hydrogen-bond donors (Lipinski definition) is 0. The van der Waals surface area contributed by atoms with Crippen LogP contribution in [0.5, 0.6) is 0 Å². The van der Waals surface area contributed by atoms with E-state index in [0.29, 0.717) is 22.2 Å². The Morgan fingerprint density at radius 2 is 1.87 bits per heavy atom. The number of fused-ring (bicyclic) bond motifs is 1. The quantitative estimate of drug-likeness (QED) is 0.689. The van der Waals surface area contributed by atoms with Crippen LogP contribution in [0.1, 0.15) is 24.1 Å². The third-order valence-corrected chi connectivity index (χ3v) is 6.00. The van der Waals surface area contributed by atoms with Gasteiger partial charge in [0.05, 0.1) is 29.7 Å². The van der Waals surface area contributed by atoms with Crippen molar-refractivity contribution in [2.45, 2.75) is 13.0 Å². The van der Waals surface area contributed by atoms with E-state index in [1.54, 1.807) is 11.8 Å². The first-order valence-corrected chi connectivity index (χ1v) is 10.8. The van der Waals surface area contributed by atoms with Gasteiger partial charge < -0.3 is 9.64 Å². The lowest BCUT2D eigenvalue weighted by molar-refractivity contribution is -0.139. The molecule has 1 fully saturated rings. The molecule has 2 heterocycles. The summed E-state index contributed by atoms with van der Waals surface area (Å²) in [4.78, 5) is 34.3. The first-order chi connectivity index (χ1) is 14.5. The van der Waals surface area contributed by atoms with E-state index in [4.69, 9.17) is 9.73 Å². The molecule has 0 aliphatic carbocycles. The maximum atomic E-state index is 13.1. The number of hydrogen-bond acceptors (Lipinski definition) is 6. The predicted molar refractivity (Wildman–Crippen MR) is 120 cm³/mol. The summed E-state index contributed by atoms with van der Waals surface area (Å²) in [6.45, 7) is 2.02. The maximum absolute atomic E-state index is 13.1.